The summed E-state index contributed by atoms with van der Waals surface area (Å²) in [5.74, 6) is -1.91. The summed E-state index contributed by atoms with van der Waals surface area (Å²) in [6.07, 6.45) is 0. The molecule has 2 amide bonds. The summed E-state index contributed by atoms with van der Waals surface area (Å²) in [5, 5.41) is 18.4. The first-order chi connectivity index (χ1) is 16.1. The number of carbonyl (C=O) groups excluding carboxylic acids is 3. The molecule has 3 N–H and O–H groups in total. The average Bonchev–Trinajstić information content (AvgIpc) is 3.42. The zero-order chi connectivity index (χ0) is 24.7. The van der Waals surface area contributed by atoms with Crippen LogP contribution in [-0.2, 0) is 9.59 Å². The minimum Gasteiger partial charge on any atom is -0.507 e. The molecule has 34 heavy (non-hydrogen) atoms. The molecule has 2 aromatic heterocycles. The number of hydrogen-bond acceptors (Lipinski definition) is 6. The number of anilines is 1. The highest BCUT2D eigenvalue weighted by Gasteiger charge is 2.48. The summed E-state index contributed by atoms with van der Waals surface area (Å²) < 4.78 is 5.13. The molecule has 1 aromatic carbocycles. The van der Waals surface area contributed by atoms with Crippen molar-refractivity contribution in [2.45, 2.75) is 33.7 Å². The third kappa shape index (κ3) is 3.77. The van der Waals surface area contributed by atoms with Crippen molar-refractivity contribution in [3.8, 4) is 0 Å². The van der Waals surface area contributed by atoms with Crippen LogP contribution in [0.15, 0.2) is 40.4 Å². The maximum atomic E-state index is 13.3. The zero-order valence-corrected chi connectivity index (χ0v) is 19.8. The molecule has 0 bridgehead atoms. The SMILES string of the molecule is CCNC(=O)c1[nH]c(C)c(/C(O)=C2\C(=O)C(=O)N(c3cc(C)on3)C2c2cccc(Cl)c2)c1C. The van der Waals surface area contributed by atoms with Crippen molar-refractivity contribution in [1.29, 1.82) is 0 Å². The predicted molar refractivity (Wildman–Crippen MR) is 126 cm³/mol. The van der Waals surface area contributed by atoms with Gasteiger partial charge in [-0.05, 0) is 51.0 Å². The molecule has 1 atom stereocenters. The molecule has 176 valence electrons. The molecule has 0 saturated carbocycles. The fourth-order valence-corrected chi connectivity index (χ4v) is 4.44. The second kappa shape index (κ2) is 8.83. The first-order valence-electron chi connectivity index (χ1n) is 10.6. The Balaban J connectivity index is 1.96. The third-order valence-corrected chi connectivity index (χ3v) is 5.94. The number of aromatic amines is 1. The van der Waals surface area contributed by atoms with Crippen molar-refractivity contribution in [3.63, 3.8) is 0 Å². The molecule has 0 spiro atoms. The molecule has 4 rings (SSSR count). The van der Waals surface area contributed by atoms with Gasteiger partial charge < -0.3 is 19.9 Å². The zero-order valence-electron chi connectivity index (χ0n) is 19.0. The Kier molecular flexibility index (Phi) is 6.05. The van der Waals surface area contributed by atoms with Crippen molar-refractivity contribution < 1.29 is 24.0 Å². The number of amides is 2. The number of H-pyrrole nitrogens is 1. The van der Waals surface area contributed by atoms with E-state index in [-0.39, 0.29) is 28.6 Å². The number of aryl methyl sites for hydroxylation is 2. The molecule has 1 aliphatic rings. The minimum absolute atomic E-state index is 0.133. The van der Waals surface area contributed by atoms with Gasteiger partial charge in [0, 0.05) is 28.9 Å². The Morgan fingerprint density at radius 2 is 2.00 bits per heavy atom. The first-order valence-corrected chi connectivity index (χ1v) is 11.0. The Morgan fingerprint density at radius 3 is 2.62 bits per heavy atom. The summed E-state index contributed by atoms with van der Waals surface area (Å²) in [6, 6.07) is 7.18. The second-order valence-corrected chi connectivity index (χ2v) is 8.44. The third-order valence-electron chi connectivity index (χ3n) is 5.71. The molecular weight excluding hydrogens is 460 g/mol. The Morgan fingerprint density at radius 1 is 1.26 bits per heavy atom. The Bertz CT molecular complexity index is 1350. The highest BCUT2D eigenvalue weighted by molar-refractivity contribution is 6.51. The molecular formula is C24H23ClN4O5. The number of aliphatic hydroxyl groups excluding tert-OH is 1. The molecule has 0 radical (unpaired) electrons. The van der Waals surface area contributed by atoms with Crippen molar-refractivity contribution in [2.24, 2.45) is 0 Å². The van der Waals surface area contributed by atoms with E-state index in [0.717, 1.165) is 0 Å². The van der Waals surface area contributed by atoms with Crippen LogP contribution < -0.4 is 10.2 Å². The second-order valence-electron chi connectivity index (χ2n) is 8.00. The Hall–Kier alpha value is -3.85. The number of carbonyl (C=O) groups is 3. The van der Waals surface area contributed by atoms with E-state index in [1.807, 2.05) is 0 Å². The summed E-state index contributed by atoms with van der Waals surface area (Å²) in [7, 11) is 0. The van der Waals surface area contributed by atoms with Crippen molar-refractivity contribution in [3.05, 3.63) is 74.8 Å². The highest BCUT2D eigenvalue weighted by Crippen LogP contribution is 2.43. The smallest absolute Gasteiger partial charge is 0.301 e. The average molecular weight is 483 g/mol. The first kappa shape index (κ1) is 23.3. The number of halogens is 1. The van der Waals surface area contributed by atoms with E-state index < -0.39 is 23.5 Å². The van der Waals surface area contributed by atoms with Gasteiger partial charge in [-0.3, -0.25) is 19.3 Å². The number of aliphatic hydroxyl groups is 1. The summed E-state index contributed by atoms with van der Waals surface area (Å²) in [6.45, 7) is 7.22. The molecule has 1 saturated heterocycles. The largest absolute Gasteiger partial charge is 0.507 e. The summed E-state index contributed by atoms with van der Waals surface area (Å²) in [4.78, 5) is 43.0. The summed E-state index contributed by atoms with van der Waals surface area (Å²) >= 11 is 6.21. The molecule has 9 nitrogen and oxygen atoms in total. The van der Waals surface area contributed by atoms with Crippen molar-refractivity contribution >= 4 is 40.8 Å². The van der Waals surface area contributed by atoms with Gasteiger partial charge in [0.1, 0.15) is 17.2 Å². The van der Waals surface area contributed by atoms with Gasteiger partial charge in [-0.2, -0.15) is 0 Å². The van der Waals surface area contributed by atoms with Gasteiger partial charge in [-0.1, -0.05) is 28.9 Å². The number of hydrogen-bond donors (Lipinski definition) is 3. The lowest BCUT2D eigenvalue weighted by molar-refractivity contribution is -0.132. The molecule has 3 heterocycles. The normalized spacial score (nSPS) is 17.4. The van der Waals surface area contributed by atoms with Gasteiger partial charge in [0.05, 0.1) is 11.6 Å². The van der Waals surface area contributed by atoms with E-state index in [4.69, 9.17) is 16.1 Å². The number of rotatable bonds is 5. The van der Waals surface area contributed by atoms with Crippen LogP contribution >= 0.6 is 11.6 Å². The van der Waals surface area contributed by atoms with Crippen LogP contribution in [0.3, 0.4) is 0 Å². The van der Waals surface area contributed by atoms with E-state index >= 15 is 0 Å². The lowest BCUT2D eigenvalue weighted by Gasteiger charge is -2.23. The van der Waals surface area contributed by atoms with E-state index in [0.29, 0.717) is 34.1 Å². The van der Waals surface area contributed by atoms with Crippen molar-refractivity contribution in [2.75, 3.05) is 11.4 Å². The van der Waals surface area contributed by atoms with E-state index in [1.54, 1.807) is 52.0 Å². The molecule has 1 aliphatic heterocycles. The van der Waals surface area contributed by atoms with E-state index in [2.05, 4.69) is 15.5 Å². The van der Waals surface area contributed by atoms with E-state index in [9.17, 15) is 19.5 Å². The van der Waals surface area contributed by atoms with Gasteiger partial charge in [0.2, 0.25) is 0 Å². The molecule has 0 aliphatic carbocycles. The van der Waals surface area contributed by atoms with Crippen molar-refractivity contribution in [1.82, 2.24) is 15.5 Å². The van der Waals surface area contributed by atoms with Gasteiger partial charge >= 0.3 is 5.91 Å². The number of benzene rings is 1. The number of nitrogens with one attached hydrogen (secondary N) is 2. The van der Waals surface area contributed by atoms with Crippen LogP contribution in [-0.4, -0.2) is 39.4 Å². The van der Waals surface area contributed by atoms with Crippen LogP contribution in [0, 0.1) is 20.8 Å². The van der Waals surface area contributed by atoms with Crippen LogP contribution in [0.1, 0.15) is 51.6 Å². The van der Waals surface area contributed by atoms with Gasteiger partial charge in [-0.15, -0.1) is 0 Å². The maximum Gasteiger partial charge on any atom is 0.301 e. The standard InChI is InChI=1S/C24H23ClN4O5/c1-5-26-23(32)19-12(3)17(13(4)27-19)21(30)18-20(14-7-6-8-15(25)10-14)29(24(33)22(18)31)16-9-11(2)34-28-16/h6-10,20,27,30H,5H2,1-4H3,(H,26,32)/b21-18+. The maximum absolute atomic E-state index is 13.3. The fraction of sp³-hybridized carbons (Fsp3) is 0.250. The lowest BCUT2D eigenvalue weighted by atomic mass is 9.94. The van der Waals surface area contributed by atoms with Gasteiger partial charge in [0.15, 0.2) is 5.82 Å². The van der Waals surface area contributed by atoms with E-state index in [1.165, 1.54) is 11.0 Å². The molecule has 1 fully saturated rings. The number of ketones is 1. The molecule has 10 heteroatoms. The molecule has 1 unspecified atom stereocenters. The quantitative estimate of drug-likeness (QED) is 0.287. The topological polar surface area (TPSA) is 129 Å². The van der Waals surface area contributed by atoms with Crippen LogP contribution in [0.5, 0.6) is 0 Å². The van der Waals surface area contributed by atoms with Gasteiger partial charge in [-0.25, -0.2) is 0 Å². The van der Waals surface area contributed by atoms with Gasteiger partial charge in [0.25, 0.3) is 11.7 Å². The number of nitrogens with zero attached hydrogens (tertiary/aromatic N) is 2. The van der Waals surface area contributed by atoms with Crippen LogP contribution in [0.25, 0.3) is 5.76 Å². The monoisotopic (exact) mass is 482 g/mol. The highest BCUT2D eigenvalue weighted by atomic mass is 35.5. The van der Waals surface area contributed by atoms with Crippen LogP contribution in [0.4, 0.5) is 5.82 Å². The fourth-order valence-electron chi connectivity index (χ4n) is 4.24. The molecule has 3 aromatic rings. The number of aromatic nitrogens is 2. The lowest BCUT2D eigenvalue weighted by Crippen LogP contribution is -2.29. The predicted octanol–water partition coefficient (Wildman–Crippen LogP) is 3.96. The minimum atomic E-state index is -1.01. The van der Waals surface area contributed by atoms with Crippen LogP contribution in [0.2, 0.25) is 5.02 Å². The Labute approximate surface area is 200 Å². The number of Topliss-reactive ketones (excluding diaryl/α,β-unsaturated/α-hetero) is 1. The summed E-state index contributed by atoms with van der Waals surface area (Å²) in [5.41, 5.74) is 1.84.